The molecule has 1 amide bonds. The van der Waals surface area contributed by atoms with Crippen molar-refractivity contribution in [3.8, 4) is 0 Å². The van der Waals surface area contributed by atoms with Crippen molar-refractivity contribution < 1.29 is 9.59 Å². The highest BCUT2D eigenvalue weighted by molar-refractivity contribution is 6.40. The number of amides is 1. The summed E-state index contributed by atoms with van der Waals surface area (Å²) in [4.78, 5) is 23.4. The summed E-state index contributed by atoms with van der Waals surface area (Å²) in [6.45, 7) is 5.90. The Balaban J connectivity index is 2.59. The minimum Gasteiger partial charge on any atom is -0.349 e. The van der Waals surface area contributed by atoms with E-state index in [2.05, 4.69) is 20.9 Å². The fraction of sp³-hybridized carbons (Fsp3) is 0.538. The van der Waals surface area contributed by atoms with Crippen molar-refractivity contribution >= 4 is 23.6 Å². The molecule has 1 heterocycles. The molecule has 0 spiro atoms. The smallest absolute Gasteiger partial charge is 0.232 e. The van der Waals surface area contributed by atoms with E-state index < -0.39 is 5.92 Å². The summed E-state index contributed by atoms with van der Waals surface area (Å²) in [6, 6.07) is 0. The van der Waals surface area contributed by atoms with Crippen molar-refractivity contribution in [1.82, 2.24) is 15.8 Å². The summed E-state index contributed by atoms with van der Waals surface area (Å²) in [5.74, 6) is -0.791. The average Bonchev–Trinajstić information content (AvgIpc) is 2.41. The third-order valence-electron chi connectivity index (χ3n) is 2.84. The Bertz CT molecular complexity index is 467. The molecule has 1 aliphatic rings. The van der Waals surface area contributed by atoms with E-state index in [1.807, 2.05) is 27.0 Å². The third-order valence-corrected chi connectivity index (χ3v) is 2.84. The van der Waals surface area contributed by atoms with Gasteiger partial charge in [-0.2, -0.15) is 10.2 Å². The van der Waals surface area contributed by atoms with Crippen LogP contribution in [0.3, 0.4) is 0 Å². The molecule has 1 unspecified atom stereocenters. The second-order valence-corrected chi connectivity index (χ2v) is 4.47. The number of ketones is 1. The Morgan fingerprint density at radius 2 is 2.20 bits per heavy atom. The Morgan fingerprint density at radius 1 is 1.50 bits per heavy atom. The second-order valence-electron chi connectivity index (χ2n) is 4.47. The lowest BCUT2D eigenvalue weighted by molar-refractivity contribution is -0.121. The van der Waals surface area contributed by atoms with Crippen molar-refractivity contribution in [2.24, 2.45) is 16.1 Å². The standard InChI is InChI=1S/C13H21N5O2/c1-5-15-17-12(10(3)19)8-14-13(20)11-6-9(2)18(4)16-7-11/h6-7,11,15H,5,8H2,1-4H3,(H,14,20)/b17-12+. The first kappa shape index (κ1) is 15.9. The van der Waals surface area contributed by atoms with Gasteiger partial charge >= 0.3 is 0 Å². The fourth-order valence-corrected chi connectivity index (χ4v) is 1.52. The Morgan fingerprint density at radius 3 is 2.75 bits per heavy atom. The first-order valence-electron chi connectivity index (χ1n) is 6.50. The van der Waals surface area contributed by atoms with Gasteiger partial charge in [0.25, 0.3) is 0 Å². The van der Waals surface area contributed by atoms with Crippen molar-refractivity contribution in [1.29, 1.82) is 0 Å². The number of Topliss-reactive ketones (excluding diaryl/α,β-unsaturated/α-hetero) is 1. The van der Waals surface area contributed by atoms with Gasteiger partial charge in [-0.1, -0.05) is 0 Å². The first-order valence-corrected chi connectivity index (χ1v) is 6.50. The molecule has 0 saturated heterocycles. The van der Waals surface area contributed by atoms with Gasteiger partial charge in [-0.15, -0.1) is 0 Å². The van der Waals surface area contributed by atoms with Crippen LogP contribution >= 0.6 is 0 Å². The molecular formula is C13H21N5O2. The van der Waals surface area contributed by atoms with Crippen LogP contribution in [-0.2, 0) is 9.59 Å². The SMILES string of the molecule is CCN/N=C(\CNC(=O)C1C=NN(C)C(C)=C1)C(C)=O. The lowest BCUT2D eigenvalue weighted by Crippen LogP contribution is -2.38. The molecule has 20 heavy (non-hydrogen) atoms. The predicted octanol–water partition coefficient (Wildman–Crippen LogP) is 0.108. The van der Waals surface area contributed by atoms with E-state index in [0.29, 0.717) is 12.3 Å². The first-order chi connectivity index (χ1) is 9.45. The zero-order valence-electron chi connectivity index (χ0n) is 12.3. The molecule has 1 aliphatic heterocycles. The van der Waals surface area contributed by atoms with Crippen LogP contribution < -0.4 is 10.7 Å². The number of hydrazone groups is 2. The Hall–Kier alpha value is -2.18. The zero-order valence-corrected chi connectivity index (χ0v) is 12.3. The van der Waals surface area contributed by atoms with Crippen LogP contribution in [0.15, 0.2) is 22.0 Å². The van der Waals surface area contributed by atoms with Gasteiger partial charge < -0.3 is 10.7 Å². The van der Waals surface area contributed by atoms with Crippen LogP contribution in [-0.4, -0.2) is 48.8 Å². The van der Waals surface area contributed by atoms with E-state index in [1.54, 1.807) is 11.2 Å². The number of allylic oxidation sites excluding steroid dienone is 1. The summed E-state index contributed by atoms with van der Waals surface area (Å²) >= 11 is 0. The molecule has 7 nitrogen and oxygen atoms in total. The summed E-state index contributed by atoms with van der Waals surface area (Å²) in [5, 5.41) is 12.4. The molecule has 0 bridgehead atoms. The molecule has 0 fully saturated rings. The van der Waals surface area contributed by atoms with Crippen LogP contribution in [0.25, 0.3) is 0 Å². The van der Waals surface area contributed by atoms with Crippen LogP contribution in [0.5, 0.6) is 0 Å². The van der Waals surface area contributed by atoms with Crippen LogP contribution in [0.4, 0.5) is 0 Å². The zero-order chi connectivity index (χ0) is 15.1. The van der Waals surface area contributed by atoms with E-state index in [0.717, 1.165) is 5.70 Å². The summed E-state index contributed by atoms with van der Waals surface area (Å²) in [5.41, 5.74) is 3.92. The van der Waals surface area contributed by atoms with Gasteiger partial charge in [-0.3, -0.25) is 14.6 Å². The van der Waals surface area contributed by atoms with Gasteiger partial charge in [0.1, 0.15) is 5.71 Å². The minimum absolute atomic E-state index is 0.105. The van der Waals surface area contributed by atoms with Gasteiger partial charge in [-0.05, 0) is 19.9 Å². The van der Waals surface area contributed by atoms with E-state index in [-0.39, 0.29) is 18.2 Å². The van der Waals surface area contributed by atoms with Crippen LogP contribution in [0.1, 0.15) is 20.8 Å². The van der Waals surface area contributed by atoms with Crippen molar-refractivity contribution in [3.05, 3.63) is 11.8 Å². The van der Waals surface area contributed by atoms with Crippen LogP contribution in [0, 0.1) is 5.92 Å². The molecule has 1 atom stereocenters. The maximum absolute atomic E-state index is 12.0. The molecule has 0 aromatic rings. The largest absolute Gasteiger partial charge is 0.349 e. The van der Waals surface area contributed by atoms with E-state index in [9.17, 15) is 9.59 Å². The van der Waals surface area contributed by atoms with Crippen molar-refractivity contribution in [3.63, 3.8) is 0 Å². The summed E-state index contributed by atoms with van der Waals surface area (Å²) in [7, 11) is 1.81. The molecule has 0 aliphatic carbocycles. The highest BCUT2D eigenvalue weighted by Gasteiger charge is 2.19. The number of carbonyl (C=O) groups is 2. The molecule has 0 saturated carbocycles. The Labute approximate surface area is 118 Å². The fourth-order valence-electron chi connectivity index (χ4n) is 1.52. The number of hydrogen-bond acceptors (Lipinski definition) is 6. The van der Waals surface area contributed by atoms with Gasteiger partial charge in [0, 0.05) is 32.4 Å². The lowest BCUT2D eigenvalue weighted by Gasteiger charge is -2.21. The third kappa shape index (κ3) is 4.49. The van der Waals surface area contributed by atoms with Gasteiger partial charge in [-0.25, -0.2) is 0 Å². The predicted molar refractivity (Wildman–Crippen MR) is 78.3 cm³/mol. The molecule has 0 aromatic heterocycles. The van der Waals surface area contributed by atoms with E-state index in [1.165, 1.54) is 6.92 Å². The average molecular weight is 279 g/mol. The quantitative estimate of drug-likeness (QED) is 0.533. The van der Waals surface area contributed by atoms with Crippen LogP contribution in [0.2, 0.25) is 0 Å². The number of nitrogens with zero attached hydrogens (tertiary/aromatic N) is 3. The van der Waals surface area contributed by atoms with Crippen molar-refractivity contribution in [2.45, 2.75) is 20.8 Å². The number of carbonyl (C=O) groups excluding carboxylic acids is 2. The van der Waals surface area contributed by atoms with Crippen molar-refractivity contribution in [2.75, 3.05) is 20.1 Å². The van der Waals surface area contributed by atoms with Gasteiger partial charge in [0.15, 0.2) is 5.78 Å². The Kier molecular flexibility index (Phi) is 5.89. The van der Waals surface area contributed by atoms with Gasteiger partial charge in [0.05, 0.1) is 12.5 Å². The number of nitrogens with one attached hydrogen (secondary N) is 2. The summed E-state index contributed by atoms with van der Waals surface area (Å²) in [6.07, 6.45) is 3.38. The molecule has 0 radical (unpaired) electrons. The maximum atomic E-state index is 12.0. The van der Waals surface area contributed by atoms with E-state index in [4.69, 9.17) is 0 Å². The molecule has 110 valence electrons. The monoisotopic (exact) mass is 279 g/mol. The molecule has 1 rings (SSSR count). The number of rotatable bonds is 6. The second kappa shape index (κ2) is 7.42. The molecule has 2 N–H and O–H groups in total. The highest BCUT2D eigenvalue weighted by atomic mass is 16.2. The number of hydrogen-bond donors (Lipinski definition) is 2. The molecule has 7 heteroatoms. The highest BCUT2D eigenvalue weighted by Crippen LogP contribution is 2.11. The molecular weight excluding hydrogens is 258 g/mol. The normalized spacial score (nSPS) is 18.6. The van der Waals surface area contributed by atoms with Gasteiger partial charge in [0.2, 0.25) is 5.91 Å². The minimum atomic E-state index is -0.418. The van der Waals surface area contributed by atoms with E-state index >= 15 is 0 Å². The topological polar surface area (TPSA) is 86.2 Å². The summed E-state index contributed by atoms with van der Waals surface area (Å²) < 4.78 is 0. The lowest BCUT2D eigenvalue weighted by atomic mass is 10.1. The molecule has 0 aromatic carbocycles. The maximum Gasteiger partial charge on any atom is 0.232 e.